The van der Waals surface area contributed by atoms with Crippen LogP contribution in [-0.2, 0) is 107 Å². The Labute approximate surface area is 750 Å². The number of unbranched alkanes of at least 4 members (excludes halogenated alkanes) is 2. The number of likely N-dealkylation sites (N-methyl/N-ethyl adjacent to an activating group) is 4. The van der Waals surface area contributed by atoms with Crippen LogP contribution in [-0.4, -0.2) is 270 Å². The molecule has 0 aliphatic carbocycles. The number of fused-ring (bicyclic) bond motifs is 3. The lowest BCUT2D eigenvalue weighted by Gasteiger charge is -2.36. The summed E-state index contributed by atoms with van der Waals surface area (Å²) in [5.74, 6) is -19.6. The highest BCUT2D eigenvalue weighted by molar-refractivity contribution is 8.00. The largest absolute Gasteiger partial charge is 0.396 e. The van der Waals surface area contributed by atoms with Gasteiger partial charge in [0.25, 0.3) is 0 Å². The van der Waals surface area contributed by atoms with Gasteiger partial charge in [0.1, 0.15) is 42.0 Å². The lowest BCUT2D eigenvalue weighted by atomic mass is 9.83. The van der Waals surface area contributed by atoms with E-state index in [1.807, 2.05) is 58.0 Å². The van der Waals surface area contributed by atoms with Crippen LogP contribution in [0.3, 0.4) is 0 Å². The fourth-order valence-corrected chi connectivity index (χ4v) is 17.5. The zero-order valence-corrected chi connectivity index (χ0v) is 75.9. The van der Waals surface area contributed by atoms with Gasteiger partial charge in [0.05, 0.1) is 62.2 Å². The molecule has 0 bridgehead atoms. The SMILES string of the molecule is CCCC[C@H]1C(=O)N(C)[C@@H](CCCC)C(=O)C[C@@H](C(C)C)C(=O)N[C@H](C(=O)NCC(N)=O)CSCC(=O)N[C@@H](Cc2ccccc2)C(=O)N(C)[C@@H](C)C(=O)N[C@@H](CC(N)=O)C(=O)N2CCC[C@H]2C(=O)C[C@@H](Cc2cnc[nH]2)C(=O)C[C@@H](CC(C)C)C(=O)N(C)CC(=O)N[C@@H](Cc2c[nH]c3ccccc23)C(=O)C[C@@H](CO)C(=O)N[C@@H](Cc2c[nH]c3ccccc23)C(=O)N1C. The van der Waals surface area contributed by atoms with Crippen molar-refractivity contribution in [2.24, 2.45) is 47.0 Å². The van der Waals surface area contributed by atoms with Crippen molar-refractivity contribution < 1.29 is 86.6 Å². The number of nitrogens with one attached hydrogen (secondary N) is 9. The van der Waals surface area contributed by atoms with Gasteiger partial charge in [-0.05, 0) is 86.1 Å². The first-order valence-electron chi connectivity index (χ1n) is 44.0. The molecule has 2 fully saturated rings. The summed E-state index contributed by atoms with van der Waals surface area (Å²) >= 11 is 0.856. The zero-order chi connectivity index (χ0) is 93.8. The predicted octanol–water partition coefficient (Wildman–Crippen LogP) is 3.62. The standard InChI is InChI=1S/C92H127N17O18S/c1-12-14-30-73-79(114)42-65(54(5)6)86(121)104-72(87(122)98-47-81(94)116)50-128-51-83(118)101-69(35-56-24-17-16-18-25-56)89(124)106(9)55(7)84(119)102-71(43-80(93)115)91(126)109-33-23-32-74(109)78(113)39-57(36-62-46-95-52-99-62)76(111)40-58(34-53(3)4)88(123)105(8)48-82(117)100-68(37-59-44-96-66-28-21-19-26-63(59)66)77(112)41-61(49-110)85(120)103-70(38-60-45-97-67-29-22-20-27-64(60)67)90(125)108(11)75(31-15-13-2)92(127)107(73)10/h16-22,24-29,44-46,52-55,57-58,61,65,68-75,96-97,110H,12-15,23,30-43,47-51H2,1-11H3,(H2,93,115)(H2,94,116)(H,95,99)(H,98,122)(H,100,117)(H,101,118)(H,102,119)(H,103,120)(H,104,121)/t55-,57+,58+,61-,65-,68-,69-,70-,71-,72-,73-,74-,75-/m0/s1. The van der Waals surface area contributed by atoms with Crippen molar-refractivity contribution in [2.45, 2.75) is 218 Å². The number of rotatable bonds is 23. The Kier molecular flexibility index (Phi) is 38.7. The van der Waals surface area contributed by atoms with Gasteiger partial charge in [-0.1, -0.05) is 134 Å². The Hall–Kier alpha value is -12.0. The Balaban J connectivity index is 1.17. The number of nitrogens with zero attached hydrogens (tertiary/aromatic N) is 6. The number of para-hydroxylation sites is 2. The fraction of sp³-hybridized carbons (Fsp3) is 0.543. The molecule has 36 heteroatoms. The summed E-state index contributed by atoms with van der Waals surface area (Å²) < 4.78 is 0. The van der Waals surface area contributed by atoms with Crippen LogP contribution in [0.2, 0.25) is 0 Å². The highest BCUT2D eigenvalue weighted by Gasteiger charge is 2.44. The molecular formula is C92H127N17O18S. The van der Waals surface area contributed by atoms with Crippen LogP contribution in [0, 0.1) is 35.5 Å². The molecule has 2 aliphatic rings. The number of ketones is 4. The fourth-order valence-electron chi connectivity index (χ4n) is 16.6. The molecule has 2 aliphatic heterocycles. The number of hydrogen-bond donors (Lipinski definition) is 12. The molecule has 3 aromatic heterocycles. The first-order valence-corrected chi connectivity index (χ1v) is 45.2. The summed E-state index contributed by atoms with van der Waals surface area (Å²) in [5, 5.41) is 28.7. The molecule has 128 heavy (non-hydrogen) atoms. The number of Topliss-reactive ketones (excluding diaryl/α,β-unsaturated/α-hetero) is 4. The van der Waals surface area contributed by atoms with Crippen LogP contribution < -0.4 is 43.4 Å². The third kappa shape index (κ3) is 28.5. The summed E-state index contributed by atoms with van der Waals surface area (Å²) in [6.07, 6.45) is 5.57. The van der Waals surface area contributed by atoms with Crippen LogP contribution in [0.5, 0.6) is 0 Å². The normalized spacial score (nSPS) is 24.2. The summed E-state index contributed by atoms with van der Waals surface area (Å²) in [4.78, 5) is 268. The molecule has 0 unspecified atom stereocenters. The number of aliphatic hydroxyl groups excluding tert-OH is 1. The highest BCUT2D eigenvalue weighted by Crippen LogP contribution is 2.31. The number of amides is 13. The molecule has 3 aromatic carbocycles. The van der Waals surface area contributed by atoms with Gasteiger partial charge in [-0.2, -0.15) is 0 Å². The maximum atomic E-state index is 15.7. The summed E-state index contributed by atoms with van der Waals surface area (Å²) in [7, 11) is 5.50. The van der Waals surface area contributed by atoms with Gasteiger partial charge in [0.2, 0.25) is 76.8 Å². The van der Waals surface area contributed by atoms with Gasteiger partial charge in [0, 0.05) is 149 Å². The maximum Gasteiger partial charge on any atom is 0.246 e. The number of primary amides is 2. The highest BCUT2D eigenvalue weighted by atomic mass is 32.2. The third-order valence-corrected chi connectivity index (χ3v) is 25.1. The lowest BCUT2D eigenvalue weighted by molar-refractivity contribution is -0.149. The number of benzene rings is 3. The quantitative estimate of drug-likeness (QED) is 0.0436. The number of carbonyl (C=O) groups is 17. The molecule has 2 saturated heterocycles. The van der Waals surface area contributed by atoms with Crippen molar-refractivity contribution in [1.29, 1.82) is 0 Å². The summed E-state index contributed by atoms with van der Waals surface area (Å²) in [6.45, 7) is 9.91. The van der Waals surface area contributed by atoms with Crippen LogP contribution >= 0.6 is 11.8 Å². The number of aromatic amines is 3. The molecule has 0 radical (unpaired) electrons. The van der Waals surface area contributed by atoms with E-state index >= 15 is 28.8 Å². The first kappa shape index (κ1) is 101. The minimum Gasteiger partial charge on any atom is -0.396 e. The zero-order valence-electron chi connectivity index (χ0n) is 75.1. The molecule has 6 aromatic rings. The summed E-state index contributed by atoms with van der Waals surface area (Å²) in [6, 6.07) is 10.5. The monoisotopic (exact) mass is 1790 g/mol. The number of hydrogen-bond acceptors (Lipinski definition) is 20. The molecule has 694 valence electrons. The van der Waals surface area contributed by atoms with Gasteiger partial charge in [0.15, 0.2) is 17.3 Å². The average molecular weight is 1790 g/mol. The Morgan fingerprint density at radius 2 is 1.13 bits per heavy atom. The van der Waals surface area contributed by atoms with E-state index in [0.717, 1.165) is 21.6 Å². The molecule has 8 rings (SSSR count). The molecule has 0 spiro atoms. The number of aliphatic hydroxyl groups is 1. The van der Waals surface area contributed by atoms with Gasteiger partial charge >= 0.3 is 0 Å². The van der Waals surface area contributed by atoms with E-state index in [0.29, 0.717) is 69.9 Å². The third-order valence-electron chi connectivity index (χ3n) is 24.1. The van der Waals surface area contributed by atoms with Gasteiger partial charge < -0.3 is 87.9 Å². The lowest BCUT2D eigenvalue weighted by Crippen LogP contribution is -2.58. The van der Waals surface area contributed by atoms with E-state index in [1.165, 1.54) is 62.3 Å². The van der Waals surface area contributed by atoms with Crippen LogP contribution in [0.4, 0.5) is 0 Å². The second kappa shape index (κ2) is 48.8. The predicted molar refractivity (Wildman–Crippen MR) is 480 cm³/mol. The van der Waals surface area contributed by atoms with Crippen molar-refractivity contribution in [2.75, 3.05) is 65.9 Å². The van der Waals surface area contributed by atoms with E-state index in [4.69, 9.17) is 11.5 Å². The van der Waals surface area contributed by atoms with Crippen molar-refractivity contribution in [3.63, 3.8) is 0 Å². The Morgan fingerprint density at radius 1 is 0.562 bits per heavy atom. The number of imidazole rings is 1. The summed E-state index contributed by atoms with van der Waals surface area (Å²) in [5.41, 5.74) is 14.8. The second-order valence-corrected chi connectivity index (χ2v) is 35.6. The van der Waals surface area contributed by atoms with E-state index < -0.39 is 241 Å². The maximum absolute atomic E-state index is 15.7. The van der Waals surface area contributed by atoms with Gasteiger partial charge in [-0.25, -0.2) is 4.98 Å². The van der Waals surface area contributed by atoms with Crippen LogP contribution in [0.25, 0.3) is 21.8 Å². The molecule has 5 heterocycles. The van der Waals surface area contributed by atoms with Gasteiger partial charge in [-0.3, -0.25) is 81.5 Å². The minimum atomic E-state index is -1.68. The number of H-pyrrole nitrogens is 3. The van der Waals surface area contributed by atoms with E-state index in [9.17, 15) is 57.8 Å². The van der Waals surface area contributed by atoms with E-state index in [-0.39, 0.29) is 76.0 Å². The molecule has 13 amide bonds. The minimum absolute atomic E-state index is 0.0219. The molecule has 13 atom stereocenters. The molecule has 0 saturated carbocycles. The van der Waals surface area contributed by atoms with Crippen molar-refractivity contribution in [1.82, 2.24) is 76.3 Å². The second-order valence-electron chi connectivity index (χ2n) is 34.5. The molecular weight excluding hydrogens is 1660 g/mol. The van der Waals surface area contributed by atoms with Crippen molar-refractivity contribution in [3.05, 3.63) is 126 Å². The molecule has 35 nitrogen and oxygen atoms in total. The topological polar surface area (TPSA) is 511 Å². The first-order chi connectivity index (χ1) is 60.9. The van der Waals surface area contributed by atoms with Crippen molar-refractivity contribution >= 4 is 133 Å². The van der Waals surface area contributed by atoms with Crippen molar-refractivity contribution in [3.8, 4) is 0 Å². The number of thioether (sulfide) groups is 1. The van der Waals surface area contributed by atoms with Gasteiger partial charge in [-0.15, -0.1) is 11.8 Å². The number of aromatic nitrogens is 4. The van der Waals surface area contributed by atoms with E-state index in [2.05, 4.69) is 51.8 Å². The van der Waals surface area contributed by atoms with Crippen LogP contribution in [0.1, 0.15) is 161 Å². The van der Waals surface area contributed by atoms with E-state index in [1.54, 1.807) is 74.8 Å². The van der Waals surface area contributed by atoms with Crippen LogP contribution in [0.15, 0.2) is 104 Å². The smallest absolute Gasteiger partial charge is 0.246 e. The Morgan fingerprint density at radius 3 is 1.73 bits per heavy atom. The number of carbonyl (C=O) groups excluding carboxylic acids is 17. The number of nitrogens with two attached hydrogens (primary N) is 2. The molecule has 14 N–H and O–H groups in total. The average Bonchev–Trinajstić information content (AvgIpc) is 1.12. The Bertz CT molecular complexity index is 4900.